The van der Waals surface area contributed by atoms with Crippen molar-refractivity contribution in [2.75, 3.05) is 13.2 Å². The third kappa shape index (κ3) is 4.79. The molecule has 0 aliphatic heterocycles. The molecule has 0 saturated heterocycles. The second-order valence-electron chi connectivity index (χ2n) is 5.80. The first-order valence-electron chi connectivity index (χ1n) is 6.97. The predicted octanol–water partition coefficient (Wildman–Crippen LogP) is 2.99. The van der Waals surface area contributed by atoms with Gasteiger partial charge in [0.05, 0.1) is 0 Å². The van der Waals surface area contributed by atoms with E-state index in [1.165, 1.54) is 5.56 Å². The Kier molecular flexibility index (Phi) is 6.37. The Hall–Kier alpha value is -0.860. The summed E-state index contributed by atoms with van der Waals surface area (Å²) in [5, 5.41) is 9.64. The van der Waals surface area contributed by atoms with Crippen LogP contribution in [0.2, 0.25) is 0 Å². The van der Waals surface area contributed by atoms with Crippen LogP contribution in [0, 0.1) is 11.3 Å². The molecule has 18 heavy (non-hydrogen) atoms. The number of nitrogens with two attached hydrogens (primary N) is 1. The standard InChI is InChI=1S/C16H27NO/c1-14(2)11-16(12-17,13-18)10-6-9-15-7-4-3-5-8-15/h3-5,7-8,14,18H,6,9-13,17H2,1-2H3. The fourth-order valence-electron chi connectivity index (χ4n) is 2.67. The summed E-state index contributed by atoms with van der Waals surface area (Å²) in [4.78, 5) is 0. The molecule has 0 amide bonds. The molecule has 0 heterocycles. The van der Waals surface area contributed by atoms with E-state index in [0.717, 1.165) is 25.7 Å². The van der Waals surface area contributed by atoms with Gasteiger partial charge in [0.15, 0.2) is 0 Å². The third-order valence-electron chi connectivity index (χ3n) is 3.63. The van der Waals surface area contributed by atoms with Gasteiger partial charge in [-0.05, 0) is 37.2 Å². The summed E-state index contributed by atoms with van der Waals surface area (Å²) in [7, 11) is 0. The Morgan fingerprint density at radius 2 is 1.89 bits per heavy atom. The lowest BCUT2D eigenvalue weighted by molar-refractivity contribution is 0.0965. The van der Waals surface area contributed by atoms with E-state index in [1.54, 1.807) is 0 Å². The van der Waals surface area contributed by atoms with E-state index < -0.39 is 0 Å². The molecular weight excluding hydrogens is 222 g/mol. The van der Waals surface area contributed by atoms with Crippen molar-refractivity contribution in [2.45, 2.75) is 39.5 Å². The summed E-state index contributed by atoms with van der Waals surface area (Å²) in [5.41, 5.74) is 7.17. The Balaban J connectivity index is 2.47. The number of aliphatic hydroxyl groups is 1. The van der Waals surface area contributed by atoms with Gasteiger partial charge in [0.25, 0.3) is 0 Å². The highest BCUT2D eigenvalue weighted by Gasteiger charge is 2.28. The SMILES string of the molecule is CC(C)CC(CN)(CO)CCCc1ccccc1. The molecule has 0 aliphatic carbocycles. The van der Waals surface area contributed by atoms with Gasteiger partial charge in [-0.2, -0.15) is 0 Å². The van der Waals surface area contributed by atoms with Gasteiger partial charge >= 0.3 is 0 Å². The average Bonchev–Trinajstić information content (AvgIpc) is 2.38. The van der Waals surface area contributed by atoms with Crippen molar-refractivity contribution < 1.29 is 5.11 Å². The van der Waals surface area contributed by atoms with Gasteiger partial charge in [0.1, 0.15) is 0 Å². The first-order valence-corrected chi connectivity index (χ1v) is 6.97. The molecule has 0 aliphatic rings. The van der Waals surface area contributed by atoms with Gasteiger partial charge in [-0.3, -0.25) is 0 Å². The highest BCUT2D eigenvalue weighted by Crippen LogP contribution is 2.30. The molecule has 0 aromatic heterocycles. The van der Waals surface area contributed by atoms with Crippen LogP contribution >= 0.6 is 0 Å². The minimum Gasteiger partial charge on any atom is -0.396 e. The Morgan fingerprint density at radius 3 is 2.39 bits per heavy atom. The van der Waals surface area contributed by atoms with Gasteiger partial charge in [0.2, 0.25) is 0 Å². The van der Waals surface area contributed by atoms with Crippen LogP contribution < -0.4 is 5.73 Å². The molecule has 0 bridgehead atoms. The molecule has 1 atom stereocenters. The molecule has 1 aromatic rings. The largest absolute Gasteiger partial charge is 0.396 e. The van der Waals surface area contributed by atoms with Crippen LogP contribution in [0.3, 0.4) is 0 Å². The van der Waals surface area contributed by atoms with Crippen LogP contribution in [0.15, 0.2) is 30.3 Å². The maximum Gasteiger partial charge on any atom is 0.0499 e. The first kappa shape index (κ1) is 15.2. The quantitative estimate of drug-likeness (QED) is 0.744. The summed E-state index contributed by atoms with van der Waals surface area (Å²) in [6, 6.07) is 10.5. The molecule has 0 radical (unpaired) electrons. The Labute approximate surface area is 111 Å². The molecule has 2 nitrogen and oxygen atoms in total. The Morgan fingerprint density at radius 1 is 1.22 bits per heavy atom. The summed E-state index contributed by atoms with van der Waals surface area (Å²) < 4.78 is 0. The first-order chi connectivity index (χ1) is 8.62. The van der Waals surface area contributed by atoms with Crippen molar-refractivity contribution in [3.8, 4) is 0 Å². The van der Waals surface area contributed by atoms with Crippen LogP contribution in [0.1, 0.15) is 38.7 Å². The summed E-state index contributed by atoms with van der Waals surface area (Å²) in [6.45, 7) is 5.17. The van der Waals surface area contributed by atoms with Gasteiger partial charge < -0.3 is 10.8 Å². The van der Waals surface area contributed by atoms with E-state index in [1.807, 2.05) is 6.07 Å². The lowest BCUT2D eigenvalue weighted by Crippen LogP contribution is -2.35. The maximum atomic E-state index is 9.64. The number of aliphatic hydroxyl groups excluding tert-OH is 1. The number of aryl methyl sites for hydroxylation is 1. The van der Waals surface area contributed by atoms with Crippen LogP contribution in [-0.2, 0) is 6.42 Å². The van der Waals surface area contributed by atoms with Crippen LogP contribution in [0.4, 0.5) is 0 Å². The topological polar surface area (TPSA) is 46.2 Å². The van der Waals surface area contributed by atoms with Gasteiger partial charge in [-0.25, -0.2) is 0 Å². The van der Waals surface area contributed by atoms with Crippen molar-refractivity contribution in [2.24, 2.45) is 17.1 Å². The van der Waals surface area contributed by atoms with Crippen LogP contribution in [-0.4, -0.2) is 18.3 Å². The minimum atomic E-state index is -0.0804. The normalized spacial score (nSPS) is 14.7. The maximum absolute atomic E-state index is 9.64. The van der Waals surface area contributed by atoms with Gasteiger partial charge in [-0.1, -0.05) is 44.2 Å². The zero-order chi connectivity index (χ0) is 13.4. The van der Waals surface area contributed by atoms with Crippen molar-refractivity contribution >= 4 is 0 Å². The fourth-order valence-corrected chi connectivity index (χ4v) is 2.67. The zero-order valence-electron chi connectivity index (χ0n) is 11.7. The molecule has 102 valence electrons. The zero-order valence-corrected chi connectivity index (χ0v) is 11.7. The van der Waals surface area contributed by atoms with Gasteiger partial charge in [-0.15, -0.1) is 0 Å². The lowest BCUT2D eigenvalue weighted by atomic mass is 9.76. The predicted molar refractivity (Wildman–Crippen MR) is 77.4 cm³/mol. The van der Waals surface area contributed by atoms with Crippen LogP contribution in [0.25, 0.3) is 0 Å². The molecule has 2 heteroatoms. The van der Waals surface area contributed by atoms with E-state index in [0.29, 0.717) is 12.5 Å². The van der Waals surface area contributed by atoms with Crippen molar-refractivity contribution in [3.05, 3.63) is 35.9 Å². The van der Waals surface area contributed by atoms with Gasteiger partial charge in [0, 0.05) is 18.6 Å². The molecule has 0 spiro atoms. The smallest absolute Gasteiger partial charge is 0.0499 e. The van der Waals surface area contributed by atoms with Crippen molar-refractivity contribution in [1.29, 1.82) is 0 Å². The minimum absolute atomic E-state index is 0.0804. The van der Waals surface area contributed by atoms with E-state index >= 15 is 0 Å². The highest BCUT2D eigenvalue weighted by atomic mass is 16.3. The van der Waals surface area contributed by atoms with E-state index in [9.17, 15) is 5.11 Å². The number of rotatable bonds is 8. The molecule has 1 aromatic carbocycles. The highest BCUT2D eigenvalue weighted by molar-refractivity contribution is 5.14. The van der Waals surface area contributed by atoms with Crippen molar-refractivity contribution in [3.63, 3.8) is 0 Å². The average molecular weight is 249 g/mol. The van der Waals surface area contributed by atoms with E-state index in [4.69, 9.17) is 5.73 Å². The summed E-state index contributed by atoms with van der Waals surface area (Å²) in [6.07, 6.45) is 4.18. The van der Waals surface area contributed by atoms with Crippen molar-refractivity contribution in [1.82, 2.24) is 0 Å². The van der Waals surface area contributed by atoms with E-state index in [2.05, 4.69) is 38.1 Å². The molecule has 1 rings (SSSR count). The number of hydrogen-bond donors (Lipinski definition) is 2. The molecule has 0 saturated carbocycles. The molecule has 1 unspecified atom stereocenters. The molecule has 0 fully saturated rings. The molecular formula is C16H27NO. The van der Waals surface area contributed by atoms with Crippen LogP contribution in [0.5, 0.6) is 0 Å². The second-order valence-corrected chi connectivity index (χ2v) is 5.80. The number of benzene rings is 1. The Bertz CT molecular complexity index is 317. The molecule has 3 N–H and O–H groups in total. The third-order valence-corrected chi connectivity index (χ3v) is 3.63. The monoisotopic (exact) mass is 249 g/mol. The second kappa shape index (κ2) is 7.55. The summed E-state index contributed by atoms with van der Waals surface area (Å²) in [5.74, 6) is 0.581. The lowest BCUT2D eigenvalue weighted by Gasteiger charge is -2.32. The summed E-state index contributed by atoms with van der Waals surface area (Å²) >= 11 is 0. The fraction of sp³-hybridized carbons (Fsp3) is 0.625. The number of hydrogen-bond acceptors (Lipinski definition) is 2. The van der Waals surface area contributed by atoms with E-state index in [-0.39, 0.29) is 12.0 Å².